The van der Waals surface area contributed by atoms with Gasteiger partial charge in [-0.1, -0.05) is 30.3 Å². The Bertz CT molecular complexity index is 489. The quantitative estimate of drug-likeness (QED) is 0.912. The third-order valence-electron chi connectivity index (χ3n) is 4.73. The van der Waals surface area contributed by atoms with E-state index in [0.29, 0.717) is 0 Å². The fourth-order valence-corrected chi connectivity index (χ4v) is 3.61. The van der Waals surface area contributed by atoms with Crippen LogP contribution in [0.2, 0.25) is 0 Å². The minimum absolute atomic E-state index is 0.283. The topological polar surface area (TPSA) is 42.3 Å². The average Bonchev–Trinajstić information content (AvgIpc) is 2.57. The molecule has 2 fully saturated rings. The van der Waals surface area contributed by atoms with Crippen LogP contribution in [0.15, 0.2) is 30.3 Å². The molecule has 2 heterocycles. The zero-order chi connectivity index (χ0) is 14.5. The molecule has 4 heteroatoms. The van der Waals surface area contributed by atoms with Gasteiger partial charge >= 0.3 is 0 Å². The summed E-state index contributed by atoms with van der Waals surface area (Å²) in [4.78, 5) is 4.85. The predicted octanol–water partition coefficient (Wildman–Crippen LogP) is 1.45. The van der Waals surface area contributed by atoms with Crippen molar-refractivity contribution < 1.29 is 0 Å². The van der Waals surface area contributed by atoms with Crippen molar-refractivity contribution in [2.24, 2.45) is 0 Å². The molecule has 1 atom stereocenters. The maximum atomic E-state index is 9.84. The molecule has 3 rings (SSSR count). The van der Waals surface area contributed by atoms with E-state index in [9.17, 15) is 5.26 Å². The van der Waals surface area contributed by atoms with Crippen molar-refractivity contribution in [3.05, 3.63) is 35.9 Å². The molecule has 0 radical (unpaired) electrons. The summed E-state index contributed by atoms with van der Waals surface area (Å²) in [6.45, 7) is 6.92. The summed E-state index contributed by atoms with van der Waals surface area (Å²) >= 11 is 0. The van der Waals surface area contributed by atoms with Gasteiger partial charge in [0.15, 0.2) is 0 Å². The zero-order valence-electron chi connectivity index (χ0n) is 12.6. The van der Waals surface area contributed by atoms with Crippen LogP contribution in [0.25, 0.3) is 0 Å². The smallest absolute Gasteiger partial charge is 0.122 e. The highest BCUT2D eigenvalue weighted by atomic mass is 15.3. The standard InChI is InChI=1S/C17H24N4/c18-14-17(21-11-8-19-9-12-21)7-4-10-20(15-17)13-16-5-2-1-3-6-16/h1-3,5-6,19H,4,7-13,15H2. The Hall–Kier alpha value is -1.41. The fraction of sp³-hybridized carbons (Fsp3) is 0.588. The van der Waals surface area contributed by atoms with Gasteiger partial charge in [0.05, 0.1) is 6.07 Å². The summed E-state index contributed by atoms with van der Waals surface area (Å²) in [7, 11) is 0. The molecule has 2 aliphatic rings. The first-order valence-electron chi connectivity index (χ1n) is 7.96. The number of rotatable bonds is 3. The summed E-state index contributed by atoms with van der Waals surface area (Å²) in [5.41, 5.74) is 1.06. The summed E-state index contributed by atoms with van der Waals surface area (Å²) in [5.74, 6) is 0. The lowest BCUT2D eigenvalue weighted by Gasteiger charge is -2.46. The van der Waals surface area contributed by atoms with Gasteiger partial charge in [-0.05, 0) is 24.9 Å². The van der Waals surface area contributed by atoms with Crippen LogP contribution in [0.3, 0.4) is 0 Å². The van der Waals surface area contributed by atoms with Gasteiger partial charge in [-0.2, -0.15) is 5.26 Å². The maximum Gasteiger partial charge on any atom is 0.122 e. The number of nitriles is 1. The van der Waals surface area contributed by atoms with Crippen LogP contribution in [-0.2, 0) is 6.54 Å². The van der Waals surface area contributed by atoms with E-state index in [0.717, 1.165) is 58.7 Å². The van der Waals surface area contributed by atoms with E-state index in [4.69, 9.17) is 0 Å². The second-order valence-electron chi connectivity index (χ2n) is 6.18. The molecule has 0 bridgehead atoms. The third kappa shape index (κ3) is 3.26. The van der Waals surface area contributed by atoms with Gasteiger partial charge in [0.2, 0.25) is 0 Å². The first-order chi connectivity index (χ1) is 10.3. The highest BCUT2D eigenvalue weighted by Gasteiger charge is 2.41. The van der Waals surface area contributed by atoms with Gasteiger partial charge in [-0.25, -0.2) is 0 Å². The molecule has 112 valence electrons. The maximum absolute atomic E-state index is 9.84. The Labute approximate surface area is 127 Å². The molecular weight excluding hydrogens is 260 g/mol. The molecular formula is C17H24N4. The molecule has 0 aromatic heterocycles. The molecule has 1 N–H and O–H groups in total. The van der Waals surface area contributed by atoms with Crippen molar-refractivity contribution in [1.82, 2.24) is 15.1 Å². The number of piperazine rings is 1. The summed E-state index contributed by atoms with van der Waals surface area (Å²) in [6, 6.07) is 13.2. The number of nitrogens with one attached hydrogen (secondary N) is 1. The number of benzene rings is 1. The molecule has 4 nitrogen and oxygen atoms in total. The molecule has 1 aromatic carbocycles. The minimum atomic E-state index is -0.283. The molecule has 2 saturated heterocycles. The van der Waals surface area contributed by atoms with E-state index in [1.807, 2.05) is 0 Å². The second-order valence-corrected chi connectivity index (χ2v) is 6.18. The number of likely N-dealkylation sites (tertiary alicyclic amines) is 1. The summed E-state index contributed by atoms with van der Waals surface area (Å²) < 4.78 is 0. The van der Waals surface area contributed by atoms with Crippen molar-refractivity contribution in [1.29, 1.82) is 5.26 Å². The first-order valence-corrected chi connectivity index (χ1v) is 7.96. The van der Waals surface area contributed by atoms with Crippen LogP contribution in [0.1, 0.15) is 18.4 Å². The Balaban J connectivity index is 1.70. The zero-order valence-corrected chi connectivity index (χ0v) is 12.6. The average molecular weight is 284 g/mol. The lowest BCUT2D eigenvalue weighted by molar-refractivity contribution is 0.0383. The number of nitrogens with zero attached hydrogens (tertiary/aromatic N) is 3. The Morgan fingerprint density at radius 1 is 1.14 bits per heavy atom. The molecule has 2 aliphatic heterocycles. The van der Waals surface area contributed by atoms with Crippen LogP contribution < -0.4 is 5.32 Å². The van der Waals surface area contributed by atoms with E-state index >= 15 is 0 Å². The van der Waals surface area contributed by atoms with Crippen molar-refractivity contribution in [2.75, 3.05) is 39.3 Å². The first kappa shape index (κ1) is 14.5. The fourth-order valence-electron chi connectivity index (χ4n) is 3.61. The van der Waals surface area contributed by atoms with Gasteiger partial charge in [0.1, 0.15) is 5.54 Å². The van der Waals surface area contributed by atoms with Gasteiger partial charge in [-0.15, -0.1) is 0 Å². The van der Waals surface area contributed by atoms with Gasteiger partial charge in [-0.3, -0.25) is 9.80 Å². The van der Waals surface area contributed by atoms with Crippen LogP contribution in [0.4, 0.5) is 0 Å². The Kier molecular flexibility index (Phi) is 4.54. The molecule has 1 unspecified atom stereocenters. The normalized spacial score (nSPS) is 28.1. The van der Waals surface area contributed by atoms with Crippen molar-refractivity contribution in [3.63, 3.8) is 0 Å². The highest BCUT2D eigenvalue weighted by molar-refractivity contribution is 5.17. The molecule has 0 amide bonds. The number of piperidine rings is 1. The third-order valence-corrected chi connectivity index (χ3v) is 4.73. The van der Waals surface area contributed by atoms with Crippen LogP contribution >= 0.6 is 0 Å². The highest BCUT2D eigenvalue weighted by Crippen LogP contribution is 2.28. The van der Waals surface area contributed by atoms with Gasteiger partial charge in [0.25, 0.3) is 0 Å². The van der Waals surface area contributed by atoms with Gasteiger partial charge < -0.3 is 5.32 Å². The Morgan fingerprint density at radius 2 is 1.90 bits per heavy atom. The number of hydrogen-bond donors (Lipinski definition) is 1. The number of hydrogen-bond acceptors (Lipinski definition) is 4. The van der Waals surface area contributed by atoms with E-state index in [1.54, 1.807) is 0 Å². The lowest BCUT2D eigenvalue weighted by atomic mass is 9.87. The lowest BCUT2D eigenvalue weighted by Crippen LogP contribution is -2.62. The van der Waals surface area contributed by atoms with Gasteiger partial charge in [0, 0.05) is 39.3 Å². The van der Waals surface area contributed by atoms with E-state index in [2.05, 4.69) is 51.5 Å². The van der Waals surface area contributed by atoms with Crippen molar-refractivity contribution >= 4 is 0 Å². The summed E-state index contributed by atoms with van der Waals surface area (Å²) in [6.07, 6.45) is 2.12. The second kappa shape index (κ2) is 6.57. The Morgan fingerprint density at radius 3 is 2.62 bits per heavy atom. The monoisotopic (exact) mass is 284 g/mol. The van der Waals surface area contributed by atoms with Crippen LogP contribution in [0, 0.1) is 11.3 Å². The SMILES string of the molecule is N#CC1(N2CCNCC2)CCCN(Cc2ccccc2)C1. The predicted molar refractivity (Wildman–Crippen MR) is 83.7 cm³/mol. The molecule has 0 aliphatic carbocycles. The molecule has 0 saturated carbocycles. The van der Waals surface area contributed by atoms with E-state index < -0.39 is 0 Å². The largest absolute Gasteiger partial charge is 0.314 e. The summed E-state index contributed by atoms with van der Waals surface area (Å²) in [5, 5.41) is 13.2. The minimum Gasteiger partial charge on any atom is -0.314 e. The molecule has 0 spiro atoms. The van der Waals surface area contributed by atoms with E-state index in [1.165, 1.54) is 5.56 Å². The van der Waals surface area contributed by atoms with Crippen molar-refractivity contribution in [2.45, 2.75) is 24.9 Å². The molecule has 1 aromatic rings. The van der Waals surface area contributed by atoms with Crippen LogP contribution in [0.5, 0.6) is 0 Å². The van der Waals surface area contributed by atoms with Crippen LogP contribution in [-0.4, -0.2) is 54.6 Å². The van der Waals surface area contributed by atoms with Crippen molar-refractivity contribution in [3.8, 4) is 6.07 Å². The van der Waals surface area contributed by atoms with E-state index in [-0.39, 0.29) is 5.54 Å². The molecule has 21 heavy (non-hydrogen) atoms.